The van der Waals surface area contributed by atoms with Crippen molar-refractivity contribution >= 4 is 11.2 Å². The molecule has 2 rings (SSSR count). The number of hydrogen-bond acceptors (Lipinski definition) is 5. The predicted octanol–water partition coefficient (Wildman–Crippen LogP) is -0.845. The van der Waals surface area contributed by atoms with E-state index in [1.54, 1.807) is 7.05 Å². The van der Waals surface area contributed by atoms with Crippen LogP contribution in [0.1, 0.15) is 0 Å². The van der Waals surface area contributed by atoms with Crippen molar-refractivity contribution in [3.63, 3.8) is 0 Å². The van der Waals surface area contributed by atoms with Gasteiger partial charge >= 0.3 is 0 Å². The fourth-order valence-corrected chi connectivity index (χ4v) is 1.43. The standard InChI is InChI=1S/C9H11N5O2/c1-13-7-6(8(15)14(2)9(13)10)11-4-5(12-7)16-3/h4,10H,1-3H3. The van der Waals surface area contributed by atoms with Gasteiger partial charge in [-0.05, 0) is 0 Å². The first kappa shape index (κ1) is 10.3. The molecule has 0 aliphatic rings. The van der Waals surface area contributed by atoms with Crippen molar-refractivity contribution in [2.75, 3.05) is 7.11 Å². The summed E-state index contributed by atoms with van der Waals surface area (Å²) in [4.78, 5) is 19.9. The topological polar surface area (TPSA) is 85.8 Å². The molecule has 0 saturated carbocycles. The lowest BCUT2D eigenvalue weighted by Crippen LogP contribution is -2.37. The first-order valence-electron chi connectivity index (χ1n) is 4.57. The highest BCUT2D eigenvalue weighted by Crippen LogP contribution is 2.07. The van der Waals surface area contributed by atoms with Crippen LogP contribution in [0.15, 0.2) is 11.0 Å². The Morgan fingerprint density at radius 1 is 1.38 bits per heavy atom. The zero-order valence-corrected chi connectivity index (χ0v) is 9.18. The molecule has 16 heavy (non-hydrogen) atoms. The molecule has 0 radical (unpaired) electrons. The minimum absolute atomic E-state index is 0.0556. The number of methoxy groups -OCH3 is 1. The van der Waals surface area contributed by atoms with E-state index in [1.165, 1.54) is 29.5 Å². The molecule has 7 nitrogen and oxygen atoms in total. The Bertz CT molecular complexity index is 670. The summed E-state index contributed by atoms with van der Waals surface area (Å²) in [6, 6.07) is 0. The molecule has 0 saturated heterocycles. The van der Waals surface area contributed by atoms with Gasteiger partial charge in [0.2, 0.25) is 11.5 Å². The molecule has 0 aromatic carbocycles. The molecule has 84 valence electrons. The van der Waals surface area contributed by atoms with Crippen LogP contribution in [0, 0.1) is 5.41 Å². The second-order valence-electron chi connectivity index (χ2n) is 3.33. The van der Waals surface area contributed by atoms with Crippen LogP contribution in [0.4, 0.5) is 0 Å². The number of ether oxygens (including phenoxy) is 1. The van der Waals surface area contributed by atoms with E-state index in [0.29, 0.717) is 11.5 Å². The summed E-state index contributed by atoms with van der Waals surface area (Å²) in [5.74, 6) is 0.316. The van der Waals surface area contributed by atoms with Crippen LogP contribution in [0.25, 0.3) is 11.2 Å². The maximum atomic E-state index is 11.8. The maximum absolute atomic E-state index is 11.8. The Hall–Kier alpha value is -2.18. The molecule has 0 spiro atoms. The van der Waals surface area contributed by atoms with Gasteiger partial charge in [-0.3, -0.25) is 19.3 Å². The monoisotopic (exact) mass is 221 g/mol. The third-order valence-corrected chi connectivity index (χ3v) is 2.40. The number of aryl methyl sites for hydroxylation is 1. The first-order chi connectivity index (χ1) is 7.56. The van der Waals surface area contributed by atoms with Crippen molar-refractivity contribution in [3.05, 3.63) is 22.2 Å². The van der Waals surface area contributed by atoms with Crippen LogP contribution in [-0.2, 0) is 14.1 Å². The molecule has 0 amide bonds. The average Bonchev–Trinajstić information content (AvgIpc) is 2.33. The number of hydrogen-bond donors (Lipinski definition) is 1. The third kappa shape index (κ3) is 1.28. The van der Waals surface area contributed by atoms with E-state index in [2.05, 4.69) is 9.97 Å². The minimum Gasteiger partial charge on any atom is -0.480 e. The van der Waals surface area contributed by atoms with E-state index >= 15 is 0 Å². The van der Waals surface area contributed by atoms with Crippen molar-refractivity contribution in [1.29, 1.82) is 5.41 Å². The lowest BCUT2D eigenvalue weighted by Gasteiger charge is -2.08. The van der Waals surface area contributed by atoms with Gasteiger partial charge < -0.3 is 4.74 Å². The van der Waals surface area contributed by atoms with Crippen molar-refractivity contribution in [1.82, 2.24) is 19.1 Å². The fraction of sp³-hybridized carbons (Fsp3) is 0.333. The SMILES string of the molecule is COc1cnc2c(=O)n(C)c(=N)n(C)c2n1. The highest BCUT2D eigenvalue weighted by atomic mass is 16.5. The molecule has 0 aliphatic heterocycles. The highest BCUT2D eigenvalue weighted by Gasteiger charge is 2.09. The average molecular weight is 221 g/mol. The van der Waals surface area contributed by atoms with Gasteiger partial charge in [0, 0.05) is 14.1 Å². The summed E-state index contributed by atoms with van der Waals surface area (Å²) in [7, 11) is 4.65. The van der Waals surface area contributed by atoms with Gasteiger partial charge in [0.05, 0.1) is 13.3 Å². The second-order valence-corrected chi connectivity index (χ2v) is 3.33. The number of aromatic nitrogens is 4. The molecule has 0 atom stereocenters. The van der Waals surface area contributed by atoms with Crippen LogP contribution in [0.3, 0.4) is 0 Å². The van der Waals surface area contributed by atoms with E-state index < -0.39 is 0 Å². The maximum Gasteiger partial charge on any atom is 0.282 e. The molecule has 2 aromatic heterocycles. The van der Waals surface area contributed by atoms with E-state index in [9.17, 15) is 4.79 Å². The first-order valence-corrected chi connectivity index (χ1v) is 4.57. The largest absolute Gasteiger partial charge is 0.480 e. The summed E-state index contributed by atoms with van der Waals surface area (Å²) < 4.78 is 7.62. The number of fused-ring (bicyclic) bond motifs is 1. The van der Waals surface area contributed by atoms with Gasteiger partial charge in [0.15, 0.2) is 11.2 Å². The van der Waals surface area contributed by atoms with E-state index in [4.69, 9.17) is 10.1 Å². The summed E-state index contributed by atoms with van der Waals surface area (Å²) in [6.45, 7) is 0. The summed E-state index contributed by atoms with van der Waals surface area (Å²) in [5.41, 5.74) is 0.280. The quantitative estimate of drug-likeness (QED) is 0.680. The van der Waals surface area contributed by atoms with Crippen molar-refractivity contribution in [2.24, 2.45) is 14.1 Å². The van der Waals surface area contributed by atoms with Gasteiger partial charge in [-0.15, -0.1) is 0 Å². The lowest BCUT2D eigenvalue weighted by molar-refractivity contribution is 0.396. The molecule has 0 fully saturated rings. The van der Waals surface area contributed by atoms with Crippen LogP contribution in [-0.4, -0.2) is 26.2 Å². The smallest absolute Gasteiger partial charge is 0.282 e. The molecule has 0 bridgehead atoms. The molecular formula is C9H11N5O2. The van der Waals surface area contributed by atoms with E-state index in [1.807, 2.05) is 0 Å². The molecule has 0 aliphatic carbocycles. The van der Waals surface area contributed by atoms with Gasteiger partial charge in [0.1, 0.15) is 0 Å². The third-order valence-electron chi connectivity index (χ3n) is 2.40. The number of rotatable bonds is 1. The van der Waals surface area contributed by atoms with Crippen LogP contribution in [0.2, 0.25) is 0 Å². The van der Waals surface area contributed by atoms with Crippen LogP contribution >= 0.6 is 0 Å². The van der Waals surface area contributed by atoms with Gasteiger partial charge in [-0.25, -0.2) is 4.98 Å². The normalized spacial score (nSPS) is 10.7. The van der Waals surface area contributed by atoms with Crippen molar-refractivity contribution < 1.29 is 4.74 Å². The summed E-state index contributed by atoms with van der Waals surface area (Å²) in [5, 5.41) is 7.71. The van der Waals surface area contributed by atoms with Crippen LogP contribution in [0.5, 0.6) is 5.88 Å². The zero-order chi connectivity index (χ0) is 11.9. The minimum atomic E-state index is -0.340. The Morgan fingerprint density at radius 3 is 2.69 bits per heavy atom. The van der Waals surface area contributed by atoms with Crippen LogP contribution < -0.4 is 15.9 Å². The lowest BCUT2D eigenvalue weighted by atomic mass is 10.5. The molecule has 1 N–H and O–H groups in total. The molecular weight excluding hydrogens is 210 g/mol. The van der Waals surface area contributed by atoms with E-state index in [0.717, 1.165) is 0 Å². The Kier molecular flexibility index (Phi) is 2.22. The Morgan fingerprint density at radius 2 is 2.06 bits per heavy atom. The molecule has 0 unspecified atom stereocenters. The fourth-order valence-electron chi connectivity index (χ4n) is 1.43. The van der Waals surface area contributed by atoms with Crippen molar-refractivity contribution in [2.45, 2.75) is 0 Å². The van der Waals surface area contributed by atoms with Gasteiger partial charge in [-0.1, -0.05) is 0 Å². The molecule has 7 heteroatoms. The summed E-state index contributed by atoms with van der Waals surface area (Å²) in [6.07, 6.45) is 1.38. The van der Waals surface area contributed by atoms with E-state index in [-0.39, 0.29) is 16.7 Å². The Balaban J connectivity index is 3.03. The Labute approximate surface area is 90.5 Å². The number of nitrogens with zero attached hydrogens (tertiary/aromatic N) is 4. The van der Waals surface area contributed by atoms with Gasteiger partial charge in [-0.2, -0.15) is 4.98 Å². The molecule has 2 aromatic rings. The van der Waals surface area contributed by atoms with Gasteiger partial charge in [0.25, 0.3) is 5.56 Å². The second kappa shape index (κ2) is 3.44. The molecule has 2 heterocycles. The zero-order valence-electron chi connectivity index (χ0n) is 9.18. The number of nitrogens with one attached hydrogen (secondary N) is 1. The predicted molar refractivity (Wildman–Crippen MR) is 56.2 cm³/mol. The summed E-state index contributed by atoms with van der Waals surface area (Å²) >= 11 is 0. The van der Waals surface area contributed by atoms with Crippen molar-refractivity contribution in [3.8, 4) is 5.88 Å². The highest BCUT2D eigenvalue weighted by molar-refractivity contribution is 5.68.